The Bertz CT molecular complexity index is 303. The van der Waals surface area contributed by atoms with Gasteiger partial charge in [-0.15, -0.1) is 0 Å². The van der Waals surface area contributed by atoms with Crippen molar-refractivity contribution in [2.45, 2.75) is 19.1 Å². The van der Waals surface area contributed by atoms with Gasteiger partial charge in [0.05, 0.1) is 0 Å². The maximum absolute atomic E-state index is 11.1. The van der Waals surface area contributed by atoms with Crippen LogP contribution in [0.4, 0.5) is 0 Å². The van der Waals surface area contributed by atoms with E-state index >= 15 is 0 Å². The average Bonchev–Trinajstić information content (AvgIpc) is 2.28. The number of likely N-dealkylation sites (N-methyl/N-ethyl adjacent to an activating group) is 1. The van der Waals surface area contributed by atoms with E-state index in [1.54, 1.807) is 26.2 Å². The van der Waals surface area contributed by atoms with Crippen molar-refractivity contribution in [3.05, 3.63) is 23.9 Å². The van der Waals surface area contributed by atoms with Crippen molar-refractivity contribution in [3.8, 4) is 0 Å². The van der Waals surface area contributed by atoms with Gasteiger partial charge in [-0.1, -0.05) is 6.08 Å². The first-order chi connectivity index (χ1) is 7.04. The van der Waals surface area contributed by atoms with Crippen LogP contribution in [0.1, 0.15) is 13.3 Å². The van der Waals surface area contributed by atoms with Gasteiger partial charge in [0.15, 0.2) is 5.79 Å². The van der Waals surface area contributed by atoms with E-state index in [2.05, 4.69) is 0 Å². The predicted molar refractivity (Wildman–Crippen MR) is 57.0 cm³/mol. The van der Waals surface area contributed by atoms with Crippen molar-refractivity contribution in [1.29, 1.82) is 0 Å². The number of amides is 1. The summed E-state index contributed by atoms with van der Waals surface area (Å²) in [7, 11) is 4.94. The number of allylic oxidation sites excluding steroid dienone is 1. The summed E-state index contributed by atoms with van der Waals surface area (Å²) in [5.74, 6) is -0.672. The molecule has 0 aliphatic heterocycles. The molecule has 1 aliphatic carbocycles. The highest BCUT2D eigenvalue weighted by molar-refractivity contribution is 5.75. The van der Waals surface area contributed by atoms with Gasteiger partial charge in [-0.05, 0) is 12.2 Å². The van der Waals surface area contributed by atoms with E-state index in [1.165, 1.54) is 6.92 Å². The normalized spacial score (nSPS) is 18.5. The van der Waals surface area contributed by atoms with Crippen molar-refractivity contribution in [3.63, 3.8) is 0 Å². The molecule has 1 rings (SSSR count). The molecule has 0 bridgehead atoms. The SMILES string of the molecule is COC1(OC)C=CC(N(C)C(C)=O)=CC1. The first-order valence-corrected chi connectivity index (χ1v) is 4.78. The summed E-state index contributed by atoms with van der Waals surface area (Å²) in [5.41, 5.74) is 0.868. The predicted octanol–water partition coefficient (Wildman–Crippen LogP) is 1.30. The van der Waals surface area contributed by atoms with E-state index in [-0.39, 0.29) is 5.91 Å². The fraction of sp³-hybridized carbons (Fsp3) is 0.545. The largest absolute Gasteiger partial charge is 0.349 e. The zero-order chi connectivity index (χ0) is 11.5. The third-order valence-corrected chi connectivity index (χ3v) is 2.65. The summed E-state index contributed by atoms with van der Waals surface area (Å²) in [6.07, 6.45) is 6.18. The Labute approximate surface area is 90.2 Å². The molecule has 0 radical (unpaired) electrons. The quantitative estimate of drug-likeness (QED) is 0.660. The number of carbonyl (C=O) groups is 1. The molecule has 15 heavy (non-hydrogen) atoms. The zero-order valence-electron chi connectivity index (χ0n) is 9.61. The molecule has 0 aromatic heterocycles. The third-order valence-electron chi connectivity index (χ3n) is 2.65. The van der Waals surface area contributed by atoms with Crippen molar-refractivity contribution < 1.29 is 14.3 Å². The van der Waals surface area contributed by atoms with Gasteiger partial charge in [-0.25, -0.2) is 0 Å². The lowest BCUT2D eigenvalue weighted by Crippen LogP contribution is -2.34. The Balaban J connectivity index is 2.76. The molecule has 0 saturated carbocycles. The molecule has 0 heterocycles. The second kappa shape index (κ2) is 4.59. The van der Waals surface area contributed by atoms with Crippen LogP contribution in [0.2, 0.25) is 0 Å². The fourth-order valence-electron chi connectivity index (χ4n) is 1.41. The molecule has 0 aromatic carbocycles. The minimum Gasteiger partial charge on any atom is -0.349 e. The van der Waals surface area contributed by atoms with Crippen LogP contribution in [-0.4, -0.2) is 37.9 Å². The summed E-state index contributed by atoms with van der Waals surface area (Å²) in [5, 5.41) is 0. The summed E-state index contributed by atoms with van der Waals surface area (Å²) >= 11 is 0. The summed E-state index contributed by atoms with van der Waals surface area (Å²) in [6, 6.07) is 0. The molecule has 0 atom stereocenters. The third kappa shape index (κ3) is 2.46. The molecule has 0 fully saturated rings. The van der Waals surface area contributed by atoms with Gasteiger partial charge in [-0.3, -0.25) is 4.79 Å². The maximum atomic E-state index is 11.1. The van der Waals surface area contributed by atoms with E-state index in [0.717, 1.165) is 5.70 Å². The van der Waals surface area contributed by atoms with Gasteiger partial charge in [0.2, 0.25) is 5.91 Å². The topological polar surface area (TPSA) is 38.8 Å². The number of carbonyl (C=O) groups excluding carboxylic acids is 1. The molecule has 4 heteroatoms. The molecule has 0 aromatic rings. The van der Waals surface area contributed by atoms with Crippen LogP contribution in [0, 0.1) is 0 Å². The van der Waals surface area contributed by atoms with E-state index in [4.69, 9.17) is 9.47 Å². The van der Waals surface area contributed by atoms with Crippen molar-refractivity contribution in [2.75, 3.05) is 21.3 Å². The second-order valence-electron chi connectivity index (χ2n) is 3.46. The number of ether oxygens (including phenoxy) is 2. The van der Waals surface area contributed by atoms with Crippen LogP contribution >= 0.6 is 0 Å². The Morgan fingerprint density at radius 2 is 2.07 bits per heavy atom. The lowest BCUT2D eigenvalue weighted by molar-refractivity contribution is -0.168. The summed E-state index contributed by atoms with van der Waals surface area (Å²) in [4.78, 5) is 12.7. The summed E-state index contributed by atoms with van der Waals surface area (Å²) in [6.45, 7) is 1.53. The molecule has 4 nitrogen and oxygen atoms in total. The number of methoxy groups -OCH3 is 2. The molecule has 0 N–H and O–H groups in total. The Morgan fingerprint density at radius 3 is 2.40 bits per heavy atom. The molecule has 84 valence electrons. The van der Waals surface area contributed by atoms with Gasteiger partial charge in [-0.2, -0.15) is 0 Å². The first-order valence-electron chi connectivity index (χ1n) is 4.78. The Hall–Kier alpha value is -1.13. The highest BCUT2D eigenvalue weighted by Gasteiger charge is 2.28. The second-order valence-corrected chi connectivity index (χ2v) is 3.46. The molecule has 0 saturated heterocycles. The number of hydrogen-bond acceptors (Lipinski definition) is 3. The van der Waals surface area contributed by atoms with E-state index < -0.39 is 5.79 Å². The van der Waals surface area contributed by atoms with Gasteiger partial charge in [0, 0.05) is 40.3 Å². The Morgan fingerprint density at radius 1 is 1.47 bits per heavy atom. The standard InChI is InChI=1S/C11H17NO3/c1-9(13)12(2)10-5-7-11(14-3,15-4)8-6-10/h5-7H,8H2,1-4H3. The van der Waals surface area contributed by atoms with Crippen LogP contribution in [0.5, 0.6) is 0 Å². The Kier molecular flexibility index (Phi) is 3.66. The van der Waals surface area contributed by atoms with Crippen LogP contribution in [-0.2, 0) is 14.3 Å². The average molecular weight is 211 g/mol. The van der Waals surface area contributed by atoms with Crippen LogP contribution in [0.25, 0.3) is 0 Å². The van der Waals surface area contributed by atoms with Gasteiger partial charge < -0.3 is 14.4 Å². The minimum absolute atomic E-state index is 0.00762. The molecular formula is C11H17NO3. The lowest BCUT2D eigenvalue weighted by Gasteiger charge is -2.30. The van der Waals surface area contributed by atoms with E-state index in [9.17, 15) is 4.79 Å². The number of hydrogen-bond donors (Lipinski definition) is 0. The molecule has 1 amide bonds. The maximum Gasteiger partial charge on any atom is 0.223 e. The van der Waals surface area contributed by atoms with Gasteiger partial charge >= 0.3 is 0 Å². The van der Waals surface area contributed by atoms with Crippen LogP contribution in [0.3, 0.4) is 0 Å². The number of nitrogens with zero attached hydrogens (tertiary/aromatic N) is 1. The van der Waals surface area contributed by atoms with Crippen molar-refractivity contribution in [1.82, 2.24) is 4.90 Å². The van der Waals surface area contributed by atoms with Crippen LogP contribution < -0.4 is 0 Å². The molecule has 1 aliphatic rings. The smallest absolute Gasteiger partial charge is 0.223 e. The van der Waals surface area contributed by atoms with Crippen molar-refractivity contribution in [2.24, 2.45) is 0 Å². The van der Waals surface area contributed by atoms with E-state index in [0.29, 0.717) is 6.42 Å². The monoisotopic (exact) mass is 211 g/mol. The number of rotatable bonds is 3. The van der Waals surface area contributed by atoms with Gasteiger partial charge in [0.25, 0.3) is 0 Å². The zero-order valence-corrected chi connectivity index (χ0v) is 9.61. The molecular weight excluding hydrogens is 194 g/mol. The van der Waals surface area contributed by atoms with Crippen LogP contribution in [0.15, 0.2) is 23.9 Å². The summed E-state index contributed by atoms with van der Waals surface area (Å²) < 4.78 is 10.5. The molecule has 0 unspecified atom stereocenters. The lowest BCUT2D eigenvalue weighted by atomic mass is 10.1. The molecule has 0 spiro atoms. The fourth-order valence-corrected chi connectivity index (χ4v) is 1.41. The highest BCUT2D eigenvalue weighted by atomic mass is 16.7. The first kappa shape index (κ1) is 11.9. The van der Waals surface area contributed by atoms with Gasteiger partial charge in [0.1, 0.15) is 0 Å². The van der Waals surface area contributed by atoms with Crippen molar-refractivity contribution >= 4 is 5.91 Å². The minimum atomic E-state index is -0.679. The van der Waals surface area contributed by atoms with E-state index in [1.807, 2.05) is 18.2 Å². The highest BCUT2D eigenvalue weighted by Crippen LogP contribution is 2.25.